The molecule has 3 aromatic heterocycles. The highest BCUT2D eigenvalue weighted by atomic mass is 32.1. The molecule has 1 fully saturated rings. The molecule has 1 saturated heterocycles. The van der Waals surface area contributed by atoms with Gasteiger partial charge in [0.25, 0.3) is 5.91 Å². The number of nitrogens with one attached hydrogen (secondary N) is 1. The van der Waals surface area contributed by atoms with E-state index in [1.165, 1.54) is 11.3 Å². The van der Waals surface area contributed by atoms with Gasteiger partial charge in [0.1, 0.15) is 11.5 Å². The SMILES string of the molecule is O=C(c1csc(Nc2ccccn2)n1)N1CCN(c2ncccn2)CC1. The third-order valence-corrected chi connectivity index (χ3v) is 4.78. The molecule has 9 heteroatoms. The first-order valence-electron chi connectivity index (χ1n) is 8.24. The summed E-state index contributed by atoms with van der Waals surface area (Å²) in [5, 5.41) is 5.55. The van der Waals surface area contributed by atoms with Crippen LogP contribution in [0.4, 0.5) is 16.9 Å². The Labute approximate surface area is 154 Å². The molecule has 0 unspecified atom stereocenters. The number of piperazine rings is 1. The van der Waals surface area contributed by atoms with Crippen molar-refractivity contribution in [3.63, 3.8) is 0 Å². The van der Waals surface area contributed by atoms with Crippen molar-refractivity contribution in [1.29, 1.82) is 0 Å². The minimum atomic E-state index is -0.0519. The Morgan fingerprint density at radius 2 is 1.77 bits per heavy atom. The van der Waals surface area contributed by atoms with Crippen LogP contribution in [0.1, 0.15) is 10.5 Å². The van der Waals surface area contributed by atoms with Crippen LogP contribution in [-0.2, 0) is 0 Å². The molecule has 0 atom stereocenters. The zero-order valence-corrected chi connectivity index (χ0v) is 14.8. The van der Waals surface area contributed by atoms with E-state index in [0.29, 0.717) is 48.8 Å². The molecular weight excluding hydrogens is 350 g/mol. The fraction of sp³-hybridized carbons (Fsp3) is 0.235. The number of hydrogen-bond acceptors (Lipinski definition) is 8. The van der Waals surface area contributed by atoms with Crippen LogP contribution in [-0.4, -0.2) is 56.9 Å². The van der Waals surface area contributed by atoms with Gasteiger partial charge in [-0.05, 0) is 18.2 Å². The van der Waals surface area contributed by atoms with E-state index in [9.17, 15) is 4.79 Å². The van der Waals surface area contributed by atoms with Gasteiger partial charge in [-0.25, -0.2) is 19.9 Å². The largest absolute Gasteiger partial charge is 0.337 e. The van der Waals surface area contributed by atoms with Crippen LogP contribution in [0.25, 0.3) is 0 Å². The molecule has 4 rings (SSSR count). The van der Waals surface area contributed by atoms with E-state index in [1.807, 2.05) is 23.1 Å². The van der Waals surface area contributed by atoms with Gasteiger partial charge in [0.15, 0.2) is 5.13 Å². The summed E-state index contributed by atoms with van der Waals surface area (Å²) in [6.07, 6.45) is 5.16. The quantitative estimate of drug-likeness (QED) is 0.755. The van der Waals surface area contributed by atoms with Crippen LogP contribution in [0, 0.1) is 0 Å². The molecule has 1 N–H and O–H groups in total. The van der Waals surface area contributed by atoms with Gasteiger partial charge in [0.2, 0.25) is 5.95 Å². The first-order chi connectivity index (χ1) is 12.8. The van der Waals surface area contributed by atoms with Crippen LogP contribution >= 0.6 is 11.3 Å². The van der Waals surface area contributed by atoms with Crippen molar-refractivity contribution < 1.29 is 4.79 Å². The molecule has 0 radical (unpaired) electrons. The molecule has 4 heterocycles. The summed E-state index contributed by atoms with van der Waals surface area (Å²) in [6.45, 7) is 2.66. The molecular formula is C17H17N7OS. The van der Waals surface area contributed by atoms with Crippen LogP contribution in [0.15, 0.2) is 48.2 Å². The molecule has 0 saturated carbocycles. The van der Waals surface area contributed by atoms with Crippen molar-refractivity contribution in [2.45, 2.75) is 0 Å². The number of carbonyl (C=O) groups excluding carboxylic acids is 1. The van der Waals surface area contributed by atoms with Gasteiger partial charge in [0, 0.05) is 50.1 Å². The van der Waals surface area contributed by atoms with Crippen LogP contribution in [0.3, 0.4) is 0 Å². The monoisotopic (exact) mass is 367 g/mol. The topological polar surface area (TPSA) is 87.1 Å². The van der Waals surface area contributed by atoms with Crippen molar-refractivity contribution in [3.8, 4) is 0 Å². The molecule has 0 aromatic carbocycles. The number of hydrogen-bond donors (Lipinski definition) is 1. The second-order valence-electron chi connectivity index (χ2n) is 5.71. The Bertz CT molecular complexity index is 863. The lowest BCUT2D eigenvalue weighted by atomic mass is 10.3. The summed E-state index contributed by atoms with van der Waals surface area (Å²) in [4.78, 5) is 33.7. The molecule has 1 aliphatic heterocycles. The molecule has 0 bridgehead atoms. The maximum absolute atomic E-state index is 12.7. The van der Waals surface area contributed by atoms with Crippen molar-refractivity contribution >= 4 is 34.1 Å². The minimum Gasteiger partial charge on any atom is -0.337 e. The van der Waals surface area contributed by atoms with E-state index in [0.717, 1.165) is 0 Å². The number of carbonyl (C=O) groups is 1. The number of thiazole rings is 1. The number of anilines is 3. The third-order valence-electron chi connectivity index (χ3n) is 4.03. The second-order valence-corrected chi connectivity index (χ2v) is 6.56. The van der Waals surface area contributed by atoms with Crippen LogP contribution in [0.2, 0.25) is 0 Å². The lowest BCUT2D eigenvalue weighted by Crippen LogP contribution is -2.49. The number of pyridine rings is 1. The summed E-state index contributed by atoms with van der Waals surface area (Å²) in [5.41, 5.74) is 0.456. The highest BCUT2D eigenvalue weighted by Gasteiger charge is 2.24. The summed E-state index contributed by atoms with van der Waals surface area (Å²) < 4.78 is 0. The molecule has 0 aliphatic carbocycles. The van der Waals surface area contributed by atoms with E-state index in [1.54, 1.807) is 30.0 Å². The second kappa shape index (κ2) is 7.44. The normalized spacial score (nSPS) is 14.3. The number of rotatable bonds is 4. The van der Waals surface area contributed by atoms with Gasteiger partial charge >= 0.3 is 0 Å². The van der Waals surface area contributed by atoms with Crippen molar-refractivity contribution in [2.75, 3.05) is 36.4 Å². The zero-order chi connectivity index (χ0) is 17.8. The Morgan fingerprint density at radius 3 is 2.50 bits per heavy atom. The van der Waals surface area contributed by atoms with E-state index in [-0.39, 0.29) is 5.91 Å². The lowest BCUT2D eigenvalue weighted by Gasteiger charge is -2.34. The van der Waals surface area contributed by atoms with Crippen molar-refractivity contribution in [1.82, 2.24) is 24.8 Å². The number of aromatic nitrogens is 4. The minimum absolute atomic E-state index is 0.0519. The van der Waals surface area contributed by atoms with Gasteiger partial charge in [-0.15, -0.1) is 11.3 Å². The predicted octanol–water partition coefficient (Wildman–Crippen LogP) is 2.03. The van der Waals surface area contributed by atoms with Crippen LogP contribution < -0.4 is 10.2 Å². The van der Waals surface area contributed by atoms with Gasteiger partial charge < -0.3 is 15.1 Å². The molecule has 8 nitrogen and oxygen atoms in total. The highest BCUT2D eigenvalue weighted by molar-refractivity contribution is 7.14. The van der Waals surface area contributed by atoms with Gasteiger partial charge in [0.05, 0.1) is 0 Å². The van der Waals surface area contributed by atoms with E-state index in [2.05, 4.69) is 30.2 Å². The Kier molecular flexibility index (Phi) is 4.69. The average molecular weight is 367 g/mol. The molecule has 1 aliphatic rings. The summed E-state index contributed by atoms with van der Waals surface area (Å²) in [5.74, 6) is 1.36. The Hall–Kier alpha value is -3.07. The van der Waals surface area contributed by atoms with Crippen molar-refractivity contribution in [3.05, 3.63) is 53.9 Å². The Balaban J connectivity index is 1.37. The van der Waals surface area contributed by atoms with Gasteiger partial charge in [-0.3, -0.25) is 4.79 Å². The maximum atomic E-state index is 12.7. The number of amides is 1. The lowest BCUT2D eigenvalue weighted by molar-refractivity contribution is 0.0741. The fourth-order valence-corrected chi connectivity index (χ4v) is 3.39. The molecule has 0 spiro atoms. The van der Waals surface area contributed by atoms with E-state index < -0.39 is 0 Å². The summed E-state index contributed by atoms with van der Waals surface area (Å²) in [7, 11) is 0. The molecule has 132 valence electrons. The van der Waals surface area contributed by atoms with Gasteiger partial charge in [-0.1, -0.05) is 6.07 Å². The molecule has 3 aromatic rings. The predicted molar refractivity (Wildman–Crippen MR) is 99.8 cm³/mol. The van der Waals surface area contributed by atoms with E-state index in [4.69, 9.17) is 0 Å². The van der Waals surface area contributed by atoms with Crippen LogP contribution in [0.5, 0.6) is 0 Å². The smallest absolute Gasteiger partial charge is 0.273 e. The summed E-state index contributed by atoms with van der Waals surface area (Å²) in [6, 6.07) is 7.39. The zero-order valence-electron chi connectivity index (χ0n) is 13.9. The fourth-order valence-electron chi connectivity index (χ4n) is 2.70. The highest BCUT2D eigenvalue weighted by Crippen LogP contribution is 2.21. The van der Waals surface area contributed by atoms with Crippen molar-refractivity contribution in [2.24, 2.45) is 0 Å². The maximum Gasteiger partial charge on any atom is 0.273 e. The third kappa shape index (κ3) is 3.62. The average Bonchev–Trinajstić information content (AvgIpc) is 3.17. The first-order valence-corrected chi connectivity index (χ1v) is 9.12. The molecule has 1 amide bonds. The molecule has 26 heavy (non-hydrogen) atoms. The summed E-state index contributed by atoms with van der Waals surface area (Å²) >= 11 is 1.39. The standard InChI is InChI=1S/C17H17N7OS/c25-15(13-12-26-17(21-13)22-14-4-1-2-5-18-14)23-8-10-24(11-9-23)16-19-6-3-7-20-16/h1-7,12H,8-11H2,(H,18,21,22). The Morgan fingerprint density at radius 1 is 1.00 bits per heavy atom. The van der Waals surface area contributed by atoms with Gasteiger partial charge in [-0.2, -0.15) is 0 Å². The van der Waals surface area contributed by atoms with E-state index >= 15 is 0 Å². The number of nitrogens with zero attached hydrogens (tertiary/aromatic N) is 6. The first kappa shape index (κ1) is 16.4.